The Hall–Kier alpha value is -3.58. The number of benzene rings is 2. The van der Waals surface area contributed by atoms with Crippen molar-refractivity contribution >= 4 is 29.4 Å². The van der Waals surface area contributed by atoms with Gasteiger partial charge in [0.15, 0.2) is 0 Å². The zero-order chi connectivity index (χ0) is 24.5. The van der Waals surface area contributed by atoms with Gasteiger partial charge in [-0.1, -0.05) is 54.1 Å². The van der Waals surface area contributed by atoms with Crippen LogP contribution in [-0.4, -0.2) is 41.5 Å². The standard InChI is InChI=1S/C27H29ClN4O3/c28-24-8-6-20(7-9-24)17-30-25-16-23(10-13-29-25)26(33)31-18-21-11-14-32(15-12-21)27(34)35-19-22-4-2-1-3-5-22/h1-10,13,16,21H,11-12,14-15,17-19H2,(H,29,30)(H,31,33). The number of amides is 2. The minimum Gasteiger partial charge on any atom is -0.445 e. The van der Waals surface area contributed by atoms with E-state index in [4.69, 9.17) is 16.3 Å². The number of ether oxygens (including phenoxy) is 1. The summed E-state index contributed by atoms with van der Waals surface area (Å²) < 4.78 is 5.42. The topological polar surface area (TPSA) is 83.6 Å². The highest BCUT2D eigenvalue weighted by molar-refractivity contribution is 6.30. The van der Waals surface area contributed by atoms with E-state index in [1.165, 1.54) is 0 Å². The van der Waals surface area contributed by atoms with Crippen LogP contribution < -0.4 is 10.6 Å². The second-order valence-corrected chi connectivity index (χ2v) is 9.03. The fraction of sp³-hybridized carbons (Fsp3) is 0.296. The van der Waals surface area contributed by atoms with Gasteiger partial charge in [-0.15, -0.1) is 0 Å². The third kappa shape index (κ3) is 7.45. The smallest absolute Gasteiger partial charge is 0.410 e. The Kier molecular flexibility index (Phi) is 8.57. The van der Waals surface area contributed by atoms with Crippen molar-refractivity contribution in [3.63, 3.8) is 0 Å². The number of hydrogen-bond acceptors (Lipinski definition) is 5. The lowest BCUT2D eigenvalue weighted by atomic mass is 9.97. The molecule has 0 unspecified atom stereocenters. The predicted molar refractivity (Wildman–Crippen MR) is 136 cm³/mol. The molecule has 0 spiro atoms. The molecule has 2 heterocycles. The average molecular weight is 493 g/mol. The zero-order valence-corrected chi connectivity index (χ0v) is 20.2. The van der Waals surface area contributed by atoms with Crippen LogP contribution in [0.25, 0.3) is 0 Å². The molecule has 1 saturated heterocycles. The number of carbonyl (C=O) groups excluding carboxylic acids is 2. The van der Waals surface area contributed by atoms with Gasteiger partial charge in [-0.25, -0.2) is 9.78 Å². The third-order valence-corrected chi connectivity index (χ3v) is 6.29. The van der Waals surface area contributed by atoms with Gasteiger partial charge in [-0.3, -0.25) is 4.79 Å². The van der Waals surface area contributed by atoms with Crippen molar-refractivity contribution in [3.05, 3.63) is 94.6 Å². The van der Waals surface area contributed by atoms with Gasteiger partial charge in [0.05, 0.1) is 0 Å². The lowest BCUT2D eigenvalue weighted by Gasteiger charge is -2.31. The monoisotopic (exact) mass is 492 g/mol. The van der Waals surface area contributed by atoms with E-state index in [1.807, 2.05) is 54.6 Å². The highest BCUT2D eigenvalue weighted by Crippen LogP contribution is 2.18. The molecule has 2 N–H and O–H groups in total. The minimum atomic E-state index is -0.285. The second-order valence-electron chi connectivity index (χ2n) is 8.59. The summed E-state index contributed by atoms with van der Waals surface area (Å²) in [5, 5.41) is 6.95. The maximum Gasteiger partial charge on any atom is 0.410 e. The summed E-state index contributed by atoms with van der Waals surface area (Å²) in [6, 6.07) is 20.7. The van der Waals surface area contributed by atoms with Crippen molar-refractivity contribution in [2.75, 3.05) is 25.0 Å². The molecule has 0 saturated carbocycles. The summed E-state index contributed by atoms with van der Waals surface area (Å²) in [7, 11) is 0. The number of carbonyl (C=O) groups is 2. The Balaban J connectivity index is 1.18. The van der Waals surface area contributed by atoms with Crippen molar-refractivity contribution in [1.82, 2.24) is 15.2 Å². The number of pyridine rings is 1. The highest BCUT2D eigenvalue weighted by atomic mass is 35.5. The molecule has 0 aliphatic carbocycles. The van der Waals surface area contributed by atoms with E-state index in [0.717, 1.165) is 24.0 Å². The summed E-state index contributed by atoms with van der Waals surface area (Å²) in [4.78, 5) is 31.0. The lowest BCUT2D eigenvalue weighted by molar-refractivity contribution is 0.0801. The average Bonchev–Trinajstić information content (AvgIpc) is 2.91. The molecule has 8 heteroatoms. The lowest BCUT2D eigenvalue weighted by Crippen LogP contribution is -2.41. The van der Waals surface area contributed by atoms with Gasteiger partial charge in [0.1, 0.15) is 12.4 Å². The highest BCUT2D eigenvalue weighted by Gasteiger charge is 2.24. The first kappa shape index (κ1) is 24.5. The van der Waals surface area contributed by atoms with Crippen molar-refractivity contribution in [3.8, 4) is 0 Å². The summed E-state index contributed by atoms with van der Waals surface area (Å²) in [5.74, 6) is 0.822. The molecule has 1 aromatic heterocycles. The fourth-order valence-corrected chi connectivity index (χ4v) is 4.06. The summed E-state index contributed by atoms with van der Waals surface area (Å²) in [6.45, 7) is 2.69. The Morgan fingerprint density at radius 1 is 1.00 bits per heavy atom. The molecule has 2 amide bonds. The molecule has 7 nitrogen and oxygen atoms in total. The van der Waals surface area contributed by atoms with Gasteiger partial charge in [-0.05, 0) is 54.2 Å². The summed E-state index contributed by atoms with van der Waals surface area (Å²) in [6.07, 6.45) is 2.99. The fourth-order valence-electron chi connectivity index (χ4n) is 3.93. The molecule has 182 valence electrons. The SMILES string of the molecule is O=C(NCC1CCN(C(=O)OCc2ccccc2)CC1)c1ccnc(NCc2ccc(Cl)cc2)c1. The first-order valence-corrected chi connectivity index (χ1v) is 12.1. The van der Waals surface area contributed by atoms with E-state index in [-0.39, 0.29) is 18.6 Å². The van der Waals surface area contributed by atoms with E-state index in [0.29, 0.717) is 48.5 Å². The van der Waals surface area contributed by atoms with Gasteiger partial charge in [0.25, 0.3) is 5.91 Å². The van der Waals surface area contributed by atoms with E-state index in [9.17, 15) is 9.59 Å². The summed E-state index contributed by atoms with van der Waals surface area (Å²) in [5.41, 5.74) is 2.60. The van der Waals surface area contributed by atoms with E-state index < -0.39 is 0 Å². The molecule has 1 aliphatic heterocycles. The van der Waals surface area contributed by atoms with Crippen LogP contribution in [0.3, 0.4) is 0 Å². The van der Waals surface area contributed by atoms with Crippen LogP contribution in [0.1, 0.15) is 34.3 Å². The maximum absolute atomic E-state index is 12.7. The van der Waals surface area contributed by atoms with Gasteiger partial charge < -0.3 is 20.3 Å². The second kappa shape index (κ2) is 12.2. The number of piperidine rings is 1. The number of anilines is 1. The van der Waals surface area contributed by atoms with Gasteiger partial charge in [-0.2, -0.15) is 0 Å². The molecule has 3 aromatic rings. The number of nitrogens with one attached hydrogen (secondary N) is 2. The number of hydrogen-bond donors (Lipinski definition) is 2. The van der Waals surface area contributed by atoms with Crippen molar-refractivity contribution < 1.29 is 14.3 Å². The molecule has 1 fully saturated rings. The van der Waals surface area contributed by atoms with Crippen molar-refractivity contribution in [2.24, 2.45) is 5.92 Å². The van der Waals surface area contributed by atoms with E-state index >= 15 is 0 Å². The number of halogens is 1. The summed E-state index contributed by atoms with van der Waals surface area (Å²) >= 11 is 5.92. The van der Waals surface area contributed by atoms with Crippen LogP contribution in [0.4, 0.5) is 10.6 Å². The first-order chi connectivity index (χ1) is 17.1. The number of likely N-dealkylation sites (tertiary alicyclic amines) is 1. The van der Waals surface area contributed by atoms with Crippen LogP contribution in [0.2, 0.25) is 5.02 Å². The normalized spacial score (nSPS) is 13.8. The number of aromatic nitrogens is 1. The van der Waals surface area contributed by atoms with E-state index in [1.54, 1.807) is 23.2 Å². The number of nitrogens with zero attached hydrogens (tertiary/aromatic N) is 2. The van der Waals surface area contributed by atoms with Crippen LogP contribution >= 0.6 is 11.6 Å². The molecule has 4 rings (SSSR count). The molecular weight excluding hydrogens is 464 g/mol. The Labute approximate surface area is 210 Å². The minimum absolute atomic E-state index is 0.133. The van der Waals surface area contributed by atoms with Crippen LogP contribution in [0.5, 0.6) is 0 Å². The molecule has 0 bridgehead atoms. The zero-order valence-electron chi connectivity index (χ0n) is 19.5. The van der Waals surface area contributed by atoms with Crippen molar-refractivity contribution in [1.29, 1.82) is 0 Å². The molecule has 1 aliphatic rings. The Morgan fingerprint density at radius 3 is 2.49 bits per heavy atom. The Morgan fingerprint density at radius 2 is 1.74 bits per heavy atom. The largest absolute Gasteiger partial charge is 0.445 e. The van der Waals surface area contributed by atoms with E-state index in [2.05, 4.69) is 15.6 Å². The van der Waals surface area contributed by atoms with Gasteiger partial charge >= 0.3 is 6.09 Å². The maximum atomic E-state index is 12.7. The van der Waals surface area contributed by atoms with Crippen molar-refractivity contribution in [2.45, 2.75) is 26.0 Å². The van der Waals surface area contributed by atoms with Crippen LogP contribution in [0.15, 0.2) is 72.9 Å². The Bertz CT molecular complexity index is 1120. The number of rotatable bonds is 8. The van der Waals surface area contributed by atoms with Gasteiger partial charge in [0, 0.05) is 43.0 Å². The molecule has 0 radical (unpaired) electrons. The molecule has 35 heavy (non-hydrogen) atoms. The molecular formula is C27H29ClN4O3. The third-order valence-electron chi connectivity index (χ3n) is 6.04. The van der Waals surface area contributed by atoms with Gasteiger partial charge in [0.2, 0.25) is 0 Å². The van der Waals surface area contributed by atoms with Crippen LogP contribution in [0, 0.1) is 5.92 Å². The molecule has 0 atom stereocenters. The quantitative estimate of drug-likeness (QED) is 0.455. The predicted octanol–water partition coefficient (Wildman–Crippen LogP) is 5.13. The molecule has 2 aromatic carbocycles. The first-order valence-electron chi connectivity index (χ1n) is 11.7. The van der Waals surface area contributed by atoms with Crippen LogP contribution in [-0.2, 0) is 17.9 Å².